The minimum absolute atomic E-state index is 0.363. The number of hydroxylamine groups is 2. The second-order valence-corrected chi connectivity index (χ2v) is 5.71. The zero-order valence-electron chi connectivity index (χ0n) is 13.9. The van der Waals surface area contributed by atoms with Crippen LogP contribution in [-0.2, 0) is 11.4 Å². The molecule has 24 heavy (non-hydrogen) atoms. The highest BCUT2D eigenvalue weighted by atomic mass is 16.7. The SMILES string of the molecule is CON(C)C[C@@H](O)Cn1cc(Nc2nc3cc(C)ccc3o2)cn1. The van der Waals surface area contributed by atoms with Crippen LogP contribution in [-0.4, -0.2) is 51.7 Å². The number of aryl methyl sites for hydroxylation is 1. The van der Waals surface area contributed by atoms with E-state index in [0.717, 1.165) is 22.4 Å². The summed E-state index contributed by atoms with van der Waals surface area (Å²) in [4.78, 5) is 9.39. The summed E-state index contributed by atoms with van der Waals surface area (Å²) in [6.07, 6.45) is 2.86. The maximum absolute atomic E-state index is 9.99. The fourth-order valence-corrected chi connectivity index (χ4v) is 2.39. The molecule has 0 unspecified atom stereocenters. The summed E-state index contributed by atoms with van der Waals surface area (Å²) in [5, 5.41) is 18.9. The largest absolute Gasteiger partial charge is 0.423 e. The van der Waals surface area contributed by atoms with Crippen LogP contribution in [0.3, 0.4) is 0 Å². The number of aromatic nitrogens is 3. The molecule has 0 saturated heterocycles. The van der Waals surface area contributed by atoms with Gasteiger partial charge in [-0.15, -0.1) is 0 Å². The van der Waals surface area contributed by atoms with E-state index in [4.69, 9.17) is 9.25 Å². The summed E-state index contributed by atoms with van der Waals surface area (Å²) in [5.41, 5.74) is 3.41. The van der Waals surface area contributed by atoms with E-state index in [0.29, 0.717) is 19.1 Å². The van der Waals surface area contributed by atoms with Crippen LogP contribution in [0.5, 0.6) is 0 Å². The van der Waals surface area contributed by atoms with Crippen molar-refractivity contribution in [3.05, 3.63) is 36.2 Å². The van der Waals surface area contributed by atoms with Crippen LogP contribution in [0.25, 0.3) is 11.1 Å². The minimum Gasteiger partial charge on any atom is -0.423 e. The first-order valence-corrected chi connectivity index (χ1v) is 7.63. The molecule has 0 amide bonds. The lowest BCUT2D eigenvalue weighted by Crippen LogP contribution is -2.31. The van der Waals surface area contributed by atoms with Gasteiger partial charge in [0.25, 0.3) is 6.01 Å². The average Bonchev–Trinajstić information content (AvgIpc) is 3.13. The van der Waals surface area contributed by atoms with Gasteiger partial charge in [0.05, 0.1) is 38.2 Å². The molecule has 8 heteroatoms. The number of fused-ring (bicyclic) bond motifs is 1. The van der Waals surface area contributed by atoms with Crippen LogP contribution < -0.4 is 5.32 Å². The number of aliphatic hydroxyl groups excluding tert-OH is 1. The van der Waals surface area contributed by atoms with Crippen molar-refractivity contribution < 1.29 is 14.4 Å². The molecule has 2 N–H and O–H groups in total. The highest BCUT2D eigenvalue weighted by Crippen LogP contribution is 2.22. The summed E-state index contributed by atoms with van der Waals surface area (Å²) >= 11 is 0. The van der Waals surface area contributed by atoms with Crippen LogP contribution in [0, 0.1) is 6.92 Å². The van der Waals surface area contributed by atoms with Crippen LogP contribution in [0.1, 0.15) is 5.56 Å². The first-order chi connectivity index (χ1) is 11.5. The fraction of sp³-hybridized carbons (Fsp3) is 0.375. The van der Waals surface area contributed by atoms with Crippen molar-refractivity contribution in [2.75, 3.05) is 26.0 Å². The predicted molar refractivity (Wildman–Crippen MR) is 89.9 cm³/mol. The molecular weight excluding hydrogens is 310 g/mol. The van der Waals surface area contributed by atoms with Crippen LogP contribution in [0.15, 0.2) is 35.0 Å². The second-order valence-electron chi connectivity index (χ2n) is 5.71. The molecule has 3 rings (SSSR count). The van der Waals surface area contributed by atoms with Crippen LogP contribution in [0.2, 0.25) is 0 Å². The highest BCUT2D eigenvalue weighted by molar-refractivity contribution is 5.75. The molecule has 0 aliphatic carbocycles. The molecule has 0 aliphatic rings. The van der Waals surface area contributed by atoms with E-state index in [1.165, 1.54) is 0 Å². The lowest BCUT2D eigenvalue weighted by Gasteiger charge is -2.17. The normalized spacial score (nSPS) is 12.9. The van der Waals surface area contributed by atoms with Crippen molar-refractivity contribution in [3.8, 4) is 0 Å². The predicted octanol–water partition coefficient (Wildman–Crippen LogP) is 1.93. The molecule has 2 heterocycles. The lowest BCUT2D eigenvalue weighted by atomic mass is 10.2. The zero-order chi connectivity index (χ0) is 17.1. The third kappa shape index (κ3) is 3.91. The lowest BCUT2D eigenvalue weighted by molar-refractivity contribution is -0.129. The van der Waals surface area contributed by atoms with E-state index in [1.807, 2.05) is 25.1 Å². The number of likely N-dealkylation sites (N-methyl/N-ethyl adjacent to an activating group) is 1. The Morgan fingerprint density at radius 2 is 2.29 bits per heavy atom. The summed E-state index contributed by atoms with van der Waals surface area (Å²) < 4.78 is 7.31. The number of hydrogen-bond donors (Lipinski definition) is 2. The quantitative estimate of drug-likeness (QED) is 0.640. The molecule has 0 bridgehead atoms. The van der Waals surface area contributed by atoms with Gasteiger partial charge >= 0.3 is 0 Å². The molecule has 1 atom stereocenters. The molecule has 8 nitrogen and oxygen atoms in total. The van der Waals surface area contributed by atoms with Gasteiger partial charge in [0.2, 0.25) is 0 Å². The Hall–Kier alpha value is -2.42. The van der Waals surface area contributed by atoms with Gasteiger partial charge in [-0.3, -0.25) is 4.68 Å². The Morgan fingerprint density at radius 3 is 3.08 bits per heavy atom. The molecule has 0 radical (unpaired) electrons. The van der Waals surface area contributed by atoms with Gasteiger partial charge in [-0.2, -0.15) is 15.1 Å². The van der Waals surface area contributed by atoms with Crippen molar-refractivity contribution >= 4 is 22.8 Å². The van der Waals surface area contributed by atoms with Crippen LogP contribution in [0.4, 0.5) is 11.7 Å². The Labute approximate surface area is 139 Å². The van der Waals surface area contributed by atoms with E-state index in [-0.39, 0.29) is 0 Å². The Bertz CT molecular complexity index is 813. The molecule has 3 aromatic rings. The second kappa shape index (κ2) is 7.00. The van der Waals surface area contributed by atoms with Crippen LogP contribution >= 0.6 is 0 Å². The van der Waals surface area contributed by atoms with Crippen molar-refractivity contribution in [1.29, 1.82) is 0 Å². The first kappa shape index (κ1) is 16.4. The van der Waals surface area contributed by atoms with E-state index in [9.17, 15) is 5.11 Å². The number of anilines is 2. The van der Waals surface area contributed by atoms with Crippen molar-refractivity contribution in [1.82, 2.24) is 19.8 Å². The summed E-state index contributed by atoms with van der Waals surface area (Å²) in [7, 11) is 3.32. The maximum atomic E-state index is 9.99. The average molecular weight is 331 g/mol. The zero-order valence-corrected chi connectivity index (χ0v) is 13.9. The molecule has 2 aromatic heterocycles. The maximum Gasteiger partial charge on any atom is 0.300 e. The molecule has 0 fully saturated rings. The Balaban J connectivity index is 1.64. The third-order valence-electron chi connectivity index (χ3n) is 3.60. The summed E-state index contributed by atoms with van der Waals surface area (Å²) in [6, 6.07) is 6.26. The van der Waals surface area contributed by atoms with E-state index < -0.39 is 6.10 Å². The summed E-state index contributed by atoms with van der Waals surface area (Å²) in [5.74, 6) is 0. The number of oxazole rings is 1. The fourth-order valence-electron chi connectivity index (χ4n) is 2.39. The first-order valence-electron chi connectivity index (χ1n) is 7.63. The van der Waals surface area contributed by atoms with Gasteiger partial charge in [0.1, 0.15) is 5.52 Å². The topological polar surface area (TPSA) is 88.6 Å². The number of hydrogen-bond acceptors (Lipinski definition) is 7. The number of aliphatic hydroxyl groups is 1. The third-order valence-corrected chi connectivity index (χ3v) is 3.60. The van der Waals surface area contributed by atoms with E-state index >= 15 is 0 Å². The van der Waals surface area contributed by atoms with Gasteiger partial charge < -0.3 is 19.7 Å². The minimum atomic E-state index is -0.588. The van der Waals surface area contributed by atoms with Gasteiger partial charge in [-0.25, -0.2) is 0 Å². The number of nitrogens with zero attached hydrogens (tertiary/aromatic N) is 4. The molecule has 0 aliphatic heterocycles. The summed E-state index contributed by atoms with van der Waals surface area (Å²) in [6.45, 7) is 2.77. The van der Waals surface area contributed by atoms with Gasteiger partial charge in [0.15, 0.2) is 5.58 Å². The van der Waals surface area contributed by atoms with E-state index in [1.54, 1.807) is 36.3 Å². The van der Waals surface area contributed by atoms with Crippen molar-refractivity contribution in [2.24, 2.45) is 0 Å². The molecule has 1 aromatic carbocycles. The highest BCUT2D eigenvalue weighted by Gasteiger charge is 2.11. The monoisotopic (exact) mass is 331 g/mol. The molecule has 0 spiro atoms. The number of rotatable bonds is 7. The Morgan fingerprint density at radius 1 is 1.46 bits per heavy atom. The molecule has 0 saturated carbocycles. The molecule has 128 valence electrons. The van der Waals surface area contributed by atoms with Crippen molar-refractivity contribution in [2.45, 2.75) is 19.6 Å². The standard InChI is InChI=1S/C16H21N5O3/c1-11-4-5-15-14(6-11)19-16(24-15)18-12-7-17-21(8-12)10-13(22)9-20(2)23-3/h4-8,13,22H,9-10H2,1-3H3,(H,18,19)/t13-/m1/s1. The smallest absolute Gasteiger partial charge is 0.300 e. The van der Waals surface area contributed by atoms with Crippen molar-refractivity contribution in [3.63, 3.8) is 0 Å². The van der Waals surface area contributed by atoms with Gasteiger partial charge in [-0.05, 0) is 24.6 Å². The van der Waals surface area contributed by atoms with Gasteiger partial charge in [-0.1, -0.05) is 6.07 Å². The Kier molecular flexibility index (Phi) is 4.79. The number of benzene rings is 1. The number of nitrogens with one attached hydrogen (secondary N) is 1. The molecular formula is C16H21N5O3. The van der Waals surface area contributed by atoms with Gasteiger partial charge in [0, 0.05) is 13.2 Å². The van der Waals surface area contributed by atoms with E-state index in [2.05, 4.69) is 15.4 Å².